The molecule has 0 spiro atoms. The summed E-state index contributed by atoms with van der Waals surface area (Å²) in [7, 11) is 0. The number of nitrogens with zero attached hydrogens (tertiary/aromatic N) is 4. The van der Waals surface area contributed by atoms with Crippen LogP contribution in [0.15, 0.2) is 47.8 Å². The number of oxime groups is 1. The maximum atomic E-state index is 8.71. The summed E-state index contributed by atoms with van der Waals surface area (Å²) in [4.78, 5) is 10.8. The first kappa shape index (κ1) is 13.8. The fraction of sp³-hybridized carbons (Fsp3) is 0.214. The van der Waals surface area contributed by atoms with Crippen LogP contribution in [0.3, 0.4) is 0 Å². The number of anilines is 1. The molecule has 0 radical (unpaired) electrons. The molecule has 20 heavy (non-hydrogen) atoms. The molecule has 0 saturated carbocycles. The number of pyridine rings is 2. The van der Waals surface area contributed by atoms with Crippen LogP contribution in [0.25, 0.3) is 0 Å². The van der Waals surface area contributed by atoms with E-state index >= 15 is 0 Å². The smallest absolute Gasteiger partial charge is 0.188 e. The molecule has 2 aromatic rings. The van der Waals surface area contributed by atoms with Gasteiger partial charge in [-0.3, -0.25) is 4.98 Å². The number of aromatic nitrogens is 2. The van der Waals surface area contributed by atoms with Gasteiger partial charge < -0.3 is 15.8 Å². The molecule has 0 saturated heterocycles. The molecule has 104 valence electrons. The minimum Gasteiger partial charge on any atom is -0.409 e. The van der Waals surface area contributed by atoms with Crippen LogP contribution < -0.4 is 10.6 Å². The molecule has 0 aromatic carbocycles. The van der Waals surface area contributed by atoms with Gasteiger partial charge in [-0.15, -0.1) is 0 Å². The van der Waals surface area contributed by atoms with Crippen LogP contribution in [-0.4, -0.2) is 27.6 Å². The van der Waals surface area contributed by atoms with Gasteiger partial charge in [-0.25, -0.2) is 4.98 Å². The molecule has 0 bridgehead atoms. The van der Waals surface area contributed by atoms with Crippen molar-refractivity contribution >= 4 is 11.7 Å². The second kappa shape index (κ2) is 6.51. The van der Waals surface area contributed by atoms with E-state index in [4.69, 9.17) is 10.9 Å². The molecule has 2 aromatic heterocycles. The minimum atomic E-state index is 0.000684. The van der Waals surface area contributed by atoms with E-state index in [1.807, 2.05) is 37.3 Å². The quantitative estimate of drug-likeness (QED) is 0.373. The number of amidine groups is 1. The molecular weight excluding hydrogens is 254 g/mol. The van der Waals surface area contributed by atoms with Crippen molar-refractivity contribution in [1.82, 2.24) is 9.97 Å². The topological polar surface area (TPSA) is 87.6 Å². The first-order valence-electron chi connectivity index (χ1n) is 6.34. The molecule has 2 rings (SSSR count). The first-order valence-corrected chi connectivity index (χ1v) is 6.34. The fourth-order valence-corrected chi connectivity index (χ4v) is 1.84. The van der Waals surface area contributed by atoms with Gasteiger partial charge in [-0.2, -0.15) is 0 Å². The lowest BCUT2D eigenvalue weighted by Gasteiger charge is -2.21. The van der Waals surface area contributed by atoms with Crippen LogP contribution in [0.1, 0.15) is 18.3 Å². The van der Waals surface area contributed by atoms with E-state index in [1.54, 1.807) is 12.3 Å². The van der Waals surface area contributed by atoms with E-state index in [0.29, 0.717) is 12.2 Å². The second-order valence-electron chi connectivity index (χ2n) is 4.20. The Hall–Kier alpha value is -2.63. The molecule has 0 aliphatic rings. The van der Waals surface area contributed by atoms with E-state index in [0.717, 1.165) is 18.1 Å². The van der Waals surface area contributed by atoms with Crippen LogP contribution in [0, 0.1) is 0 Å². The Labute approximate surface area is 117 Å². The largest absolute Gasteiger partial charge is 0.409 e. The van der Waals surface area contributed by atoms with Gasteiger partial charge in [0.25, 0.3) is 0 Å². The molecule has 0 fully saturated rings. The maximum absolute atomic E-state index is 8.71. The van der Waals surface area contributed by atoms with Gasteiger partial charge >= 0.3 is 0 Å². The molecule has 0 aliphatic carbocycles. The molecule has 2 heterocycles. The standard InChI is InChI=1S/C14H17N5O/c1-2-19(10-11-6-3-4-9-16-11)13-8-5-7-12(17-13)14(15)18-20/h3-9,20H,2,10H2,1H3,(H2,15,18). The van der Waals surface area contributed by atoms with Crippen LogP contribution in [0.4, 0.5) is 5.82 Å². The predicted molar refractivity (Wildman–Crippen MR) is 77.7 cm³/mol. The summed E-state index contributed by atoms with van der Waals surface area (Å²) in [6, 6.07) is 11.2. The van der Waals surface area contributed by atoms with Crippen LogP contribution >= 0.6 is 0 Å². The number of nitrogens with two attached hydrogens (primary N) is 1. The van der Waals surface area contributed by atoms with Gasteiger partial charge in [0.05, 0.1) is 12.2 Å². The first-order chi connectivity index (χ1) is 9.74. The molecule has 0 atom stereocenters. The Bertz CT molecular complexity index is 585. The third kappa shape index (κ3) is 3.23. The summed E-state index contributed by atoms with van der Waals surface area (Å²) >= 11 is 0. The summed E-state index contributed by atoms with van der Waals surface area (Å²) in [5.41, 5.74) is 6.98. The highest BCUT2D eigenvalue weighted by molar-refractivity contribution is 5.95. The predicted octanol–water partition coefficient (Wildman–Crippen LogP) is 1.60. The van der Waals surface area contributed by atoms with E-state index in [1.165, 1.54) is 0 Å². The second-order valence-corrected chi connectivity index (χ2v) is 4.20. The van der Waals surface area contributed by atoms with Crippen molar-refractivity contribution < 1.29 is 5.21 Å². The van der Waals surface area contributed by atoms with E-state index < -0.39 is 0 Å². The maximum Gasteiger partial charge on any atom is 0.188 e. The number of hydrogen-bond acceptors (Lipinski definition) is 5. The molecule has 0 unspecified atom stereocenters. The average molecular weight is 271 g/mol. The summed E-state index contributed by atoms with van der Waals surface area (Å²) in [6.07, 6.45) is 1.77. The van der Waals surface area contributed by atoms with E-state index in [-0.39, 0.29) is 5.84 Å². The minimum absolute atomic E-state index is 0.000684. The molecule has 0 amide bonds. The number of hydrogen-bond donors (Lipinski definition) is 2. The highest BCUT2D eigenvalue weighted by Crippen LogP contribution is 2.14. The molecular formula is C14H17N5O. The summed E-state index contributed by atoms with van der Waals surface area (Å²) in [5.74, 6) is 0.767. The lowest BCUT2D eigenvalue weighted by molar-refractivity contribution is 0.318. The zero-order chi connectivity index (χ0) is 14.4. The van der Waals surface area contributed by atoms with Gasteiger partial charge in [0, 0.05) is 12.7 Å². The Morgan fingerprint density at radius 2 is 2.15 bits per heavy atom. The Balaban J connectivity index is 2.23. The van der Waals surface area contributed by atoms with E-state index in [9.17, 15) is 0 Å². The van der Waals surface area contributed by atoms with Gasteiger partial charge in [-0.1, -0.05) is 17.3 Å². The lowest BCUT2D eigenvalue weighted by atomic mass is 10.3. The van der Waals surface area contributed by atoms with Gasteiger partial charge in [0.2, 0.25) is 0 Å². The van der Waals surface area contributed by atoms with Gasteiger partial charge in [0.1, 0.15) is 11.5 Å². The third-order valence-corrected chi connectivity index (χ3v) is 2.89. The summed E-state index contributed by atoms with van der Waals surface area (Å²) in [5, 5.41) is 11.7. The van der Waals surface area contributed by atoms with Gasteiger partial charge in [-0.05, 0) is 31.2 Å². The lowest BCUT2D eigenvalue weighted by Crippen LogP contribution is -2.25. The van der Waals surface area contributed by atoms with Crippen molar-refractivity contribution in [2.24, 2.45) is 10.9 Å². The van der Waals surface area contributed by atoms with Crippen molar-refractivity contribution in [3.05, 3.63) is 54.0 Å². The number of rotatable bonds is 5. The summed E-state index contributed by atoms with van der Waals surface area (Å²) in [6.45, 7) is 3.48. The monoisotopic (exact) mass is 271 g/mol. The molecule has 6 heteroatoms. The van der Waals surface area contributed by atoms with Gasteiger partial charge in [0.15, 0.2) is 5.84 Å². The van der Waals surface area contributed by atoms with Crippen LogP contribution in [0.5, 0.6) is 0 Å². The zero-order valence-electron chi connectivity index (χ0n) is 11.3. The zero-order valence-corrected chi connectivity index (χ0v) is 11.3. The third-order valence-electron chi connectivity index (χ3n) is 2.89. The Morgan fingerprint density at radius 3 is 2.80 bits per heavy atom. The SMILES string of the molecule is CCN(Cc1ccccn1)c1cccc(/C(N)=N/O)n1. The van der Waals surface area contributed by atoms with Crippen LogP contribution in [-0.2, 0) is 6.54 Å². The van der Waals surface area contributed by atoms with Crippen molar-refractivity contribution in [3.8, 4) is 0 Å². The molecule has 3 N–H and O–H groups in total. The van der Waals surface area contributed by atoms with Crippen LogP contribution in [0.2, 0.25) is 0 Å². The Morgan fingerprint density at radius 1 is 1.30 bits per heavy atom. The van der Waals surface area contributed by atoms with Crippen molar-refractivity contribution in [2.45, 2.75) is 13.5 Å². The Kier molecular flexibility index (Phi) is 4.49. The normalized spacial score (nSPS) is 11.3. The fourth-order valence-electron chi connectivity index (χ4n) is 1.84. The van der Waals surface area contributed by atoms with E-state index in [2.05, 4.69) is 20.0 Å². The van der Waals surface area contributed by atoms with Crippen molar-refractivity contribution in [1.29, 1.82) is 0 Å². The summed E-state index contributed by atoms with van der Waals surface area (Å²) < 4.78 is 0. The van der Waals surface area contributed by atoms with Crippen molar-refractivity contribution in [2.75, 3.05) is 11.4 Å². The van der Waals surface area contributed by atoms with Crippen molar-refractivity contribution in [3.63, 3.8) is 0 Å². The molecule has 0 aliphatic heterocycles. The highest BCUT2D eigenvalue weighted by atomic mass is 16.4. The highest BCUT2D eigenvalue weighted by Gasteiger charge is 2.09. The average Bonchev–Trinajstić information content (AvgIpc) is 2.53. The molecule has 6 nitrogen and oxygen atoms in total.